The summed E-state index contributed by atoms with van der Waals surface area (Å²) in [5, 5.41) is 0.187. The van der Waals surface area contributed by atoms with Crippen molar-refractivity contribution in [1.29, 1.82) is 0 Å². The minimum atomic E-state index is -3.72. The number of furan rings is 1. The van der Waals surface area contributed by atoms with E-state index in [-0.39, 0.29) is 16.7 Å². The van der Waals surface area contributed by atoms with Crippen molar-refractivity contribution in [2.24, 2.45) is 0 Å². The molecule has 0 spiro atoms. The van der Waals surface area contributed by atoms with Crippen LogP contribution in [-0.4, -0.2) is 8.42 Å². The first-order valence-electron chi connectivity index (χ1n) is 5.38. The minimum absolute atomic E-state index is 0.0220. The van der Waals surface area contributed by atoms with Gasteiger partial charge in [-0.25, -0.2) is 17.5 Å². The lowest BCUT2D eigenvalue weighted by Gasteiger charge is -2.08. The highest BCUT2D eigenvalue weighted by molar-refractivity contribution is 7.89. The molecular weight excluding hydrogens is 293 g/mol. The van der Waals surface area contributed by atoms with E-state index in [1.165, 1.54) is 25.1 Å². The average molecular weight is 304 g/mol. The first-order chi connectivity index (χ1) is 8.88. The zero-order valence-electron chi connectivity index (χ0n) is 9.98. The molecule has 102 valence electrons. The maximum atomic E-state index is 12.9. The molecule has 2 rings (SSSR count). The highest BCUT2D eigenvalue weighted by atomic mass is 35.5. The third kappa shape index (κ3) is 3.34. The molecule has 0 aliphatic heterocycles. The van der Waals surface area contributed by atoms with E-state index < -0.39 is 15.8 Å². The van der Waals surface area contributed by atoms with Gasteiger partial charge in [0.25, 0.3) is 0 Å². The Kier molecular flexibility index (Phi) is 3.93. The zero-order valence-corrected chi connectivity index (χ0v) is 11.6. The molecule has 1 aromatic carbocycles. The first-order valence-corrected chi connectivity index (χ1v) is 7.24. The van der Waals surface area contributed by atoms with Crippen LogP contribution in [0, 0.1) is 12.7 Å². The minimum Gasteiger partial charge on any atom is -0.448 e. The third-order valence-electron chi connectivity index (χ3n) is 2.49. The van der Waals surface area contributed by atoms with E-state index in [1.54, 1.807) is 6.07 Å². The molecule has 1 aromatic heterocycles. The topological polar surface area (TPSA) is 59.3 Å². The predicted molar refractivity (Wildman–Crippen MR) is 68.9 cm³/mol. The molecule has 0 aliphatic rings. The third-order valence-corrected chi connectivity index (χ3v) is 4.26. The molecule has 0 saturated carbocycles. The van der Waals surface area contributed by atoms with E-state index >= 15 is 0 Å². The van der Waals surface area contributed by atoms with Gasteiger partial charge in [-0.3, -0.25) is 0 Å². The van der Waals surface area contributed by atoms with Crippen molar-refractivity contribution in [3.63, 3.8) is 0 Å². The molecule has 0 atom stereocenters. The van der Waals surface area contributed by atoms with Gasteiger partial charge in [-0.05, 0) is 54.4 Å². The van der Waals surface area contributed by atoms with Crippen LogP contribution in [0.4, 0.5) is 4.39 Å². The predicted octanol–water partition coefficient (Wildman–Crippen LogP) is 2.86. The van der Waals surface area contributed by atoms with Gasteiger partial charge < -0.3 is 4.42 Å². The lowest BCUT2D eigenvalue weighted by molar-refractivity contribution is 0.500. The Bertz CT molecular complexity index is 697. The SMILES string of the molecule is Cc1cc(F)ccc1S(=O)(=O)NCc1ccc(Cl)o1. The van der Waals surface area contributed by atoms with Gasteiger partial charge in [0, 0.05) is 0 Å². The van der Waals surface area contributed by atoms with Crippen LogP contribution < -0.4 is 4.72 Å². The van der Waals surface area contributed by atoms with Gasteiger partial charge in [-0.2, -0.15) is 0 Å². The van der Waals surface area contributed by atoms with E-state index in [0.29, 0.717) is 11.3 Å². The fourth-order valence-corrected chi connectivity index (χ4v) is 2.98. The smallest absolute Gasteiger partial charge is 0.241 e. The van der Waals surface area contributed by atoms with Crippen LogP contribution in [0.2, 0.25) is 5.22 Å². The molecule has 0 aliphatic carbocycles. The molecule has 7 heteroatoms. The Morgan fingerprint density at radius 2 is 2.05 bits per heavy atom. The van der Waals surface area contributed by atoms with Crippen molar-refractivity contribution in [3.05, 3.63) is 52.7 Å². The van der Waals surface area contributed by atoms with E-state index in [9.17, 15) is 12.8 Å². The first kappa shape index (κ1) is 14.0. The van der Waals surface area contributed by atoms with Crippen LogP contribution in [0.5, 0.6) is 0 Å². The second-order valence-electron chi connectivity index (χ2n) is 3.94. The molecule has 0 unspecified atom stereocenters. The van der Waals surface area contributed by atoms with Gasteiger partial charge in [0.1, 0.15) is 11.6 Å². The quantitative estimate of drug-likeness (QED) is 0.945. The maximum Gasteiger partial charge on any atom is 0.241 e. The Labute approximate surface area is 115 Å². The van der Waals surface area contributed by atoms with Crippen LogP contribution in [0.3, 0.4) is 0 Å². The monoisotopic (exact) mass is 303 g/mol. The van der Waals surface area contributed by atoms with Crippen LogP contribution in [0.15, 0.2) is 39.6 Å². The van der Waals surface area contributed by atoms with Gasteiger partial charge >= 0.3 is 0 Å². The summed E-state index contributed by atoms with van der Waals surface area (Å²) in [7, 11) is -3.72. The molecule has 0 fully saturated rings. The molecule has 0 amide bonds. The molecule has 0 radical (unpaired) electrons. The van der Waals surface area contributed by atoms with E-state index in [2.05, 4.69) is 4.72 Å². The van der Waals surface area contributed by atoms with Gasteiger partial charge in [-0.1, -0.05) is 0 Å². The zero-order chi connectivity index (χ0) is 14.0. The van der Waals surface area contributed by atoms with Gasteiger partial charge in [0.15, 0.2) is 5.22 Å². The average Bonchev–Trinajstić information content (AvgIpc) is 2.72. The Hall–Kier alpha value is -1.37. The van der Waals surface area contributed by atoms with E-state index in [1.807, 2.05) is 0 Å². The molecule has 1 heterocycles. The lowest BCUT2D eigenvalue weighted by atomic mass is 10.2. The van der Waals surface area contributed by atoms with Crippen LogP contribution >= 0.6 is 11.6 Å². The fraction of sp³-hybridized carbons (Fsp3) is 0.167. The number of benzene rings is 1. The second kappa shape index (κ2) is 5.32. The normalized spacial score (nSPS) is 11.7. The molecule has 2 aromatic rings. The van der Waals surface area contributed by atoms with Gasteiger partial charge in [-0.15, -0.1) is 0 Å². The molecular formula is C12H11ClFNO3S. The largest absolute Gasteiger partial charge is 0.448 e. The summed E-state index contributed by atoms with van der Waals surface area (Å²) >= 11 is 5.58. The van der Waals surface area contributed by atoms with Crippen molar-refractivity contribution in [2.75, 3.05) is 0 Å². The van der Waals surface area contributed by atoms with Crippen molar-refractivity contribution in [1.82, 2.24) is 4.72 Å². The second-order valence-corrected chi connectivity index (χ2v) is 6.05. The number of rotatable bonds is 4. The van der Waals surface area contributed by atoms with Crippen molar-refractivity contribution >= 4 is 21.6 Å². The summed E-state index contributed by atoms with van der Waals surface area (Å²) < 4.78 is 44.4. The summed E-state index contributed by atoms with van der Waals surface area (Å²) in [6, 6.07) is 6.59. The summed E-state index contributed by atoms with van der Waals surface area (Å²) in [6.45, 7) is 1.51. The van der Waals surface area contributed by atoms with E-state index in [0.717, 1.165) is 6.07 Å². The summed E-state index contributed by atoms with van der Waals surface area (Å²) in [5.41, 5.74) is 0.338. The number of aryl methyl sites for hydroxylation is 1. The highest BCUT2D eigenvalue weighted by Crippen LogP contribution is 2.17. The van der Waals surface area contributed by atoms with Gasteiger partial charge in [0.05, 0.1) is 11.4 Å². The summed E-state index contributed by atoms with van der Waals surface area (Å²) in [5.74, 6) is -0.0809. The number of hydrogen-bond acceptors (Lipinski definition) is 3. The van der Waals surface area contributed by atoms with E-state index in [4.69, 9.17) is 16.0 Å². The number of hydrogen-bond donors (Lipinski definition) is 1. The Morgan fingerprint density at radius 3 is 2.63 bits per heavy atom. The highest BCUT2D eigenvalue weighted by Gasteiger charge is 2.17. The molecule has 19 heavy (non-hydrogen) atoms. The molecule has 0 bridgehead atoms. The van der Waals surface area contributed by atoms with Crippen LogP contribution in [0.25, 0.3) is 0 Å². The van der Waals surface area contributed by atoms with Crippen molar-refractivity contribution in [2.45, 2.75) is 18.4 Å². The summed E-state index contributed by atoms with van der Waals surface area (Å²) in [6.07, 6.45) is 0. The fourth-order valence-electron chi connectivity index (χ4n) is 1.60. The number of nitrogens with one attached hydrogen (secondary N) is 1. The van der Waals surface area contributed by atoms with Crippen LogP contribution in [-0.2, 0) is 16.6 Å². The number of halogens is 2. The molecule has 0 saturated heterocycles. The lowest BCUT2D eigenvalue weighted by Crippen LogP contribution is -2.23. The molecule has 1 N–H and O–H groups in total. The summed E-state index contributed by atoms with van der Waals surface area (Å²) in [4.78, 5) is 0.0338. The standard InChI is InChI=1S/C12H11ClFNO3S/c1-8-6-9(14)2-4-11(8)19(16,17)15-7-10-3-5-12(13)18-10/h2-6,15H,7H2,1H3. The maximum absolute atomic E-state index is 12.9. The molecule has 4 nitrogen and oxygen atoms in total. The Morgan fingerprint density at radius 1 is 1.32 bits per heavy atom. The van der Waals surface area contributed by atoms with Crippen molar-refractivity contribution in [3.8, 4) is 0 Å². The number of sulfonamides is 1. The Balaban J connectivity index is 2.18. The van der Waals surface area contributed by atoms with Gasteiger partial charge in [0.2, 0.25) is 10.0 Å². The van der Waals surface area contributed by atoms with Crippen LogP contribution in [0.1, 0.15) is 11.3 Å². The van der Waals surface area contributed by atoms with Crippen molar-refractivity contribution < 1.29 is 17.2 Å².